The Labute approximate surface area is 187 Å². The maximum atomic E-state index is 13.6. The van der Waals surface area contributed by atoms with E-state index in [2.05, 4.69) is 9.88 Å². The molecule has 8 nitrogen and oxygen atoms in total. The second-order valence-electron chi connectivity index (χ2n) is 9.21. The van der Waals surface area contributed by atoms with E-state index in [1.54, 1.807) is 14.2 Å². The first-order valence-corrected chi connectivity index (χ1v) is 11.2. The van der Waals surface area contributed by atoms with Crippen LogP contribution in [-0.4, -0.2) is 69.4 Å². The lowest BCUT2D eigenvalue weighted by molar-refractivity contribution is -0.163. The molecule has 6 rings (SSSR count). The van der Waals surface area contributed by atoms with E-state index >= 15 is 0 Å². The van der Waals surface area contributed by atoms with Gasteiger partial charge in [-0.3, -0.25) is 14.5 Å². The van der Waals surface area contributed by atoms with Crippen LogP contribution in [0.1, 0.15) is 30.5 Å². The second kappa shape index (κ2) is 7.99. The molecule has 0 radical (unpaired) electrons. The third kappa shape index (κ3) is 2.92. The van der Waals surface area contributed by atoms with E-state index in [0.29, 0.717) is 30.5 Å². The highest BCUT2D eigenvalue weighted by atomic mass is 16.5. The highest BCUT2D eigenvalue weighted by Gasteiger charge is 2.63. The SMILES string of the molecule is COC(=O)C12C[C@@H]3CC(CCOC=O)C1N(CCc1c2[nH]c2cc(OC)c(OC)cc12)C3. The van der Waals surface area contributed by atoms with Crippen molar-refractivity contribution in [3.8, 4) is 11.5 Å². The minimum Gasteiger partial charge on any atom is -0.493 e. The molecule has 1 aromatic carbocycles. The summed E-state index contributed by atoms with van der Waals surface area (Å²) in [6, 6.07) is 3.96. The van der Waals surface area contributed by atoms with Gasteiger partial charge in [0.05, 0.1) is 27.9 Å². The molecule has 0 spiro atoms. The first-order valence-electron chi connectivity index (χ1n) is 11.2. The molecule has 4 bridgehead atoms. The number of benzene rings is 1. The van der Waals surface area contributed by atoms with Crippen molar-refractivity contribution >= 4 is 23.3 Å². The first kappa shape index (κ1) is 21.1. The molecule has 1 aromatic heterocycles. The van der Waals surface area contributed by atoms with Gasteiger partial charge in [-0.2, -0.15) is 0 Å². The van der Waals surface area contributed by atoms with Gasteiger partial charge in [-0.25, -0.2) is 0 Å². The van der Waals surface area contributed by atoms with Crippen molar-refractivity contribution in [3.63, 3.8) is 0 Å². The lowest BCUT2D eigenvalue weighted by Gasteiger charge is -2.57. The molecule has 0 amide bonds. The summed E-state index contributed by atoms with van der Waals surface area (Å²) in [5.74, 6) is 1.78. The lowest BCUT2D eigenvalue weighted by atomic mass is 9.56. The van der Waals surface area contributed by atoms with Crippen molar-refractivity contribution in [3.05, 3.63) is 23.4 Å². The van der Waals surface area contributed by atoms with Crippen molar-refractivity contribution in [2.75, 3.05) is 41.0 Å². The van der Waals surface area contributed by atoms with Crippen molar-refractivity contribution in [1.82, 2.24) is 9.88 Å². The Balaban J connectivity index is 1.69. The van der Waals surface area contributed by atoms with E-state index in [-0.39, 0.29) is 17.9 Å². The van der Waals surface area contributed by atoms with Gasteiger partial charge in [0.15, 0.2) is 11.5 Å². The zero-order valence-corrected chi connectivity index (χ0v) is 18.8. The smallest absolute Gasteiger partial charge is 0.319 e. The molecule has 1 N–H and O–H groups in total. The van der Waals surface area contributed by atoms with Crippen molar-refractivity contribution in [1.29, 1.82) is 0 Å². The van der Waals surface area contributed by atoms with Crippen molar-refractivity contribution < 1.29 is 28.5 Å². The van der Waals surface area contributed by atoms with Gasteiger partial charge >= 0.3 is 5.97 Å². The Hall–Kier alpha value is -2.74. The topological polar surface area (TPSA) is 90.1 Å². The van der Waals surface area contributed by atoms with Crippen LogP contribution in [0.15, 0.2) is 12.1 Å². The molecule has 8 heteroatoms. The Morgan fingerprint density at radius 3 is 2.75 bits per heavy atom. The maximum Gasteiger partial charge on any atom is 0.319 e. The summed E-state index contributed by atoms with van der Waals surface area (Å²) in [5, 5.41) is 1.06. The number of carbonyl (C=O) groups excluding carboxylic acids is 2. The standard InChI is InChI=1S/C24H30N2O6/c1-29-19-9-17-16-4-6-26-12-14-8-15(5-7-32-13-27)22(26)24(11-14,23(28)31-3)21(16)25-18(17)10-20(19)30-2/h9-10,13-15,22,25H,4-8,11-12H2,1-3H3/t14-,15?,22?,24?/m0/s1. The molecular formula is C24H30N2O6. The third-order valence-corrected chi connectivity index (χ3v) is 7.81. The first-order chi connectivity index (χ1) is 15.6. The van der Waals surface area contributed by atoms with Crippen LogP contribution in [0, 0.1) is 11.8 Å². The number of aromatic nitrogens is 1. The Bertz CT molecular complexity index is 1050. The molecule has 1 saturated carbocycles. The number of methoxy groups -OCH3 is 3. The molecule has 3 aliphatic heterocycles. The predicted molar refractivity (Wildman–Crippen MR) is 117 cm³/mol. The number of esters is 1. The average molecular weight is 443 g/mol. The number of aromatic amines is 1. The number of H-pyrrole nitrogens is 1. The number of carbonyl (C=O) groups is 2. The normalized spacial score (nSPS) is 30.3. The zero-order chi connectivity index (χ0) is 22.5. The fraction of sp³-hybridized carbons (Fsp3) is 0.583. The number of rotatable bonds is 7. The number of hydrogen-bond acceptors (Lipinski definition) is 7. The molecule has 4 unspecified atom stereocenters. The fourth-order valence-corrected chi connectivity index (χ4v) is 6.80. The molecule has 32 heavy (non-hydrogen) atoms. The van der Waals surface area contributed by atoms with Crippen LogP contribution in [0.25, 0.3) is 10.9 Å². The zero-order valence-electron chi connectivity index (χ0n) is 18.8. The highest BCUT2D eigenvalue weighted by Crippen LogP contribution is 2.55. The number of nitrogens with one attached hydrogen (secondary N) is 1. The summed E-state index contributed by atoms with van der Waals surface area (Å²) >= 11 is 0. The fourth-order valence-electron chi connectivity index (χ4n) is 6.80. The summed E-state index contributed by atoms with van der Waals surface area (Å²) in [7, 11) is 4.74. The molecular weight excluding hydrogens is 412 g/mol. The summed E-state index contributed by atoms with van der Waals surface area (Å²) in [4.78, 5) is 30.4. The summed E-state index contributed by atoms with van der Waals surface area (Å²) in [5.41, 5.74) is 2.29. The van der Waals surface area contributed by atoms with E-state index in [1.165, 1.54) is 7.11 Å². The van der Waals surface area contributed by atoms with E-state index < -0.39 is 5.41 Å². The largest absolute Gasteiger partial charge is 0.493 e. The Kier molecular flexibility index (Phi) is 5.28. The van der Waals surface area contributed by atoms with Crippen LogP contribution in [0.3, 0.4) is 0 Å². The van der Waals surface area contributed by atoms with Crippen molar-refractivity contribution in [2.45, 2.75) is 37.1 Å². The van der Waals surface area contributed by atoms with Crippen LogP contribution in [0.2, 0.25) is 0 Å². The Morgan fingerprint density at radius 1 is 1.25 bits per heavy atom. The molecule has 3 fully saturated rings. The summed E-state index contributed by atoms with van der Waals surface area (Å²) < 4.78 is 21.6. The minimum absolute atomic E-state index is 0.00769. The van der Waals surface area contributed by atoms with E-state index in [4.69, 9.17) is 18.9 Å². The third-order valence-electron chi connectivity index (χ3n) is 7.81. The maximum absolute atomic E-state index is 13.6. The Morgan fingerprint density at radius 2 is 2.03 bits per heavy atom. The summed E-state index contributed by atoms with van der Waals surface area (Å²) in [6.45, 7) is 2.74. The van der Waals surface area contributed by atoms with Crippen LogP contribution in [0.4, 0.5) is 0 Å². The molecule has 2 aromatic rings. The van der Waals surface area contributed by atoms with Gasteiger partial charge in [-0.1, -0.05) is 0 Å². The van der Waals surface area contributed by atoms with Crippen molar-refractivity contribution in [2.24, 2.45) is 11.8 Å². The van der Waals surface area contributed by atoms with Gasteiger partial charge < -0.3 is 23.9 Å². The minimum atomic E-state index is -0.771. The van der Waals surface area contributed by atoms with Gasteiger partial charge in [0.1, 0.15) is 5.41 Å². The summed E-state index contributed by atoms with van der Waals surface area (Å²) in [6.07, 6.45) is 3.38. The quantitative estimate of drug-likeness (QED) is 0.400. The number of nitrogens with zero attached hydrogens (tertiary/aromatic N) is 1. The van der Waals surface area contributed by atoms with E-state index in [1.807, 2.05) is 12.1 Å². The molecule has 172 valence electrons. The lowest BCUT2D eigenvalue weighted by Crippen LogP contribution is -2.67. The molecule has 4 heterocycles. The van der Waals surface area contributed by atoms with E-state index in [0.717, 1.165) is 60.9 Å². The number of piperidine rings is 2. The van der Waals surface area contributed by atoms with Gasteiger partial charge in [0, 0.05) is 41.8 Å². The molecule has 5 atom stereocenters. The second-order valence-corrected chi connectivity index (χ2v) is 9.21. The number of ether oxygens (including phenoxy) is 4. The number of fused-ring (bicyclic) bond motifs is 4. The van der Waals surface area contributed by atoms with Gasteiger partial charge in [0.2, 0.25) is 0 Å². The molecule has 2 saturated heterocycles. The monoisotopic (exact) mass is 442 g/mol. The molecule has 4 aliphatic rings. The van der Waals surface area contributed by atoms with Crippen LogP contribution < -0.4 is 9.47 Å². The average Bonchev–Trinajstić information content (AvgIpc) is 3.14. The van der Waals surface area contributed by atoms with Gasteiger partial charge in [-0.15, -0.1) is 0 Å². The van der Waals surface area contributed by atoms with Crippen LogP contribution in [-0.2, 0) is 30.9 Å². The van der Waals surface area contributed by atoms with E-state index in [9.17, 15) is 9.59 Å². The highest BCUT2D eigenvalue weighted by molar-refractivity contribution is 5.93. The molecule has 1 aliphatic carbocycles. The van der Waals surface area contributed by atoms with Crippen LogP contribution in [0.5, 0.6) is 11.5 Å². The number of hydrogen-bond donors (Lipinski definition) is 1. The van der Waals surface area contributed by atoms with Gasteiger partial charge in [0.25, 0.3) is 6.47 Å². The van der Waals surface area contributed by atoms with Gasteiger partial charge in [-0.05, 0) is 49.1 Å². The van der Waals surface area contributed by atoms with Crippen LogP contribution >= 0.6 is 0 Å². The predicted octanol–water partition coefficient (Wildman–Crippen LogP) is 2.43.